The average molecular weight is 268 g/mol. The summed E-state index contributed by atoms with van der Waals surface area (Å²) >= 11 is 1.47. The van der Waals surface area contributed by atoms with Crippen LogP contribution < -0.4 is 5.73 Å². The van der Waals surface area contributed by atoms with E-state index in [0.717, 1.165) is 15.6 Å². The molecule has 2 aromatic rings. The molecule has 2 rings (SSSR count). The lowest BCUT2D eigenvalue weighted by Gasteiger charge is -2.11. The van der Waals surface area contributed by atoms with Crippen molar-refractivity contribution >= 4 is 11.3 Å². The van der Waals surface area contributed by atoms with Gasteiger partial charge in [-0.1, -0.05) is 6.07 Å². The second-order valence-electron chi connectivity index (χ2n) is 4.19. The summed E-state index contributed by atoms with van der Waals surface area (Å²) in [5, 5.41) is 0.909. The fraction of sp³-hybridized carbons (Fsp3) is 0.308. The topological polar surface area (TPSA) is 38.9 Å². The lowest BCUT2D eigenvalue weighted by Crippen LogP contribution is -2.15. The van der Waals surface area contributed by atoms with Crippen molar-refractivity contribution in [3.8, 4) is 0 Å². The predicted molar refractivity (Wildman–Crippen MR) is 68.6 cm³/mol. The molecule has 2 N–H and O–H groups in total. The van der Waals surface area contributed by atoms with E-state index < -0.39 is 17.7 Å². The van der Waals surface area contributed by atoms with Crippen LogP contribution >= 0.6 is 11.3 Å². The maximum Gasteiger partial charge on any atom is 0.129 e. The average Bonchev–Trinajstić information content (AvgIpc) is 2.63. The molecular formula is C13H14F2N2S. The van der Waals surface area contributed by atoms with Crippen LogP contribution in [0.25, 0.3) is 0 Å². The first-order valence-electron chi connectivity index (χ1n) is 5.61. The van der Waals surface area contributed by atoms with E-state index in [9.17, 15) is 8.78 Å². The Hall–Kier alpha value is -1.33. The number of benzene rings is 1. The molecular weight excluding hydrogens is 254 g/mol. The van der Waals surface area contributed by atoms with Gasteiger partial charge in [0.25, 0.3) is 0 Å². The molecule has 0 saturated heterocycles. The van der Waals surface area contributed by atoms with Crippen molar-refractivity contribution in [3.05, 3.63) is 51.0 Å². The Kier molecular flexibility index (Phi) is 3.73. The van der Waals surface area contributed by atoms with E-state index in [4.69, 9.17) is 5.73 Å². The van der Waals surface area contributed by atoms with Gasteiger partial charge in [0.15, 0.2) is 0 Å². The molecule has 18 heavy (non-hydrogen) atoms. The van der Waals surface area contributed by atoms with E-state index >= 15 is 0 Å². The summed E-state index contributed by atoms with van der Waals surface area (Å²) in [7, 11) is 0. The first kappa shape index (κ1) is 13.1. The van der Waals surface area contributed by atoms with Crippen LogP contribution in [-0.4, -0.2) is 4.98 Å². The Morgan fingerprint density at radius 3 is 2.39 bits per heavy atom. The van der Waals surface area contributed by atoms with Gasteiger partial charge in [-0.15, -0.1) is 11.3 Å². The quantitative estimate of drug-likeness (QED) is 0.927. The monoisotopic (exact) mass is 268 g/mol. The summed E-state index contributed by atoms with van der Waals surface area (Å²) in [5.74, 6) is -1.10. The summed E-state index contributed by atoms with van der Waals surface area (Å²) < 4.78 is 27.0. The number of nitrogens with zero attached hydrogens (tertiary/aromatic N) is 1. The number of aryl methyl sites for hydroxylation is 2. The molecule has 1 heterocycles. The smallest absolute Gasteiger partial charge is 0.129 e. The number of hydrogen-bond donors (Lipinski definition) is 1. The molecule has 1 atom stereocenters. The van der Waals surface area contributed by atoms with Gasteiger partial charge in [-0.25, -0.2) is 13.8 Å². The molecule has 0 radical (unpaired) electrons. The summed E-state index contributed by atoms with van der Waals surface area (Å²) in [6.45, 7) is 3.74. The Labute approximate surface area is 108 Å². The van der Waals surface area contributed by atoms with Gasteiger partial charge in [-0.3, -0.25) is 0 Å². The van der Waals surface area contributed by atoms with Crippen molar-refractivity contribution in [2.24, 2.45) is 5.73 Å². The first-order valence-corrected chi connectivity index (χ1v) is 6.43. The molecule has 0 amide bonds. The van der Waals surface area contributed by atoms with Crippen LogP contribution in [0.2, 0.25) is 0 Å². The summed E-state index contributed by atoms with van der Waals surface area (Å²) in [5.41, 5.74) is 6.89. The van der Waals surface area contributed by atoms with Gasteiger partial charge in [-0.2, -0.15) is 0 Å². The summed E-state index contributed by atoms with van der Waals surface area (Å²) in [4.78, 5) is 5.15. The third-order valence-corrected chi connectivity index (χ3v) is 3.97. The highest BCUT2D eigenvalue weighted by Gasteiger charge is 2.18. The van der Waals surface area contributed by atoms with E-state index in [-0.39, 0.29) is 12.0 Å². The molecule has 0 aliphatic heterocycles. The third kappa shape index (κ3) is 2.57. The van der Waals surface area contributed by atoms with Gasteiger partial charge in [0.2, 0.25) is 0 Å². The molecule has 0 saturated carbocycles. The minimum atomic E-state index is -0.552. The zero-order chi connectivity index (χ0) is 13.3. The van der Waals surface area contributed by atoms with Crippen LogP contribution in [0.15, 0.2) is 18.2 Å². The predicted octanol–water partition coefficient (Wildman–Crippen LogP) is 3.28. The van der Waals surface area contributed by atoms with E-state index in [2.05, 4.69) is 4.98 Å². The zero-order valence-corrected chi connectivity index (χ0v) is 11.0. The van der Waals surface area contributed by atoms with Gasteiger partial charge in [0.05, 0.1) is 10.7 Å². The standard InChI is InChI=1S/C13H14F2N2S/c1-7-13(18-8(2)17-7)12(16)6-9-10(14)4-3-5-11(9)15/h3-5,12H,6,16H2,1-2H3. The minimum absolute atomic E-state index is 0.0375. The number of aromatic nitrogens is 1. The van der Waals surface area contributed by atoms with Crippen LogP contribution in [0, 0.1) is 25.5 Å². The van der Waals surface area contributed by atoms with Crippen LogP contribution in [0.5, 0.6) is 0 Å². The van der Waals surface area contributed by atoms with Crippen molar-refractivity contribution in [2.75, 3.05) is 0 Å². The van der Waals surface area contributed by atoms with Crippen molar-refractivity contribution < 1.29 is 8.78 Å². The Morgan fingerprint density at radius 1 is 1.28 bits per heavy atom. The van der Waals surface area contributed by atoms with Gasteiger partial charge in [0.1, 0.15) is 11.6 Å². The van der Waals surface area contributed by atoms with Gasteiger partial charge >= 0.3 is 0 Å². The maximum absolute atomic E-state index is 13.5. The largest absolute Gasteiger partial charge is 0.323 e. The molecule has 0 fully saturated rings. The van der Waals surface area contributed by atoms with E-state index in [1.807, 2.05) is 13.8 Å². The second kappa shape index (κ2) is 5.12. The third-order valence-electron chi connectivity index (χ3n) is 2.76. The SMILES string of the molecule is Cc1nc(C)c(C(N)Cc2c(F)cccc2F)s1. The van der Waals surface area contributed by atoms with Crippen molar-refractivity contribution in [1.82, 2.24) is 4.98 Å². The number of thiazole rings is 1. The molecule has 0 spiro atoms. The Bertz CT molecular complexity index is 546. The van der Waals surface area contributed by atoms with Gasteiger partial charge < -0.3 is 5.73 Å². The highest BCUT2D eigenvalue weighted by Crippen LogP contribution is 2.27. The number of rotatable bonds is 3. The minimum Gasteiger partial charge on any atom is -0.323 e. The first-order chi connectivity index (χ1) is 8.49. The van der Waals surface area contributed by atoms with Crippen LogP contribution in [0.3, 0.4) is 0 Å². The molecule has 96 valence electrons. The highest BCUT2D eigenvalue weighted by molar-refractivity contribution is 7.11. The maximum atomic E-state index is 13.5. The van der Waals surface area contributed by atoms with Crippen molar-refractivity contribution in [1.29, 1.82) is 0 Å². The fourth-order valence-corrected chi connectivity index (χ4v) is 2.86. The van der Waals surface area contributed by atoms with Crippen LogP contribution in [-0.2, 0) is 6.42 Å². The highest BCUT2D eigenvalue weighted by atomic mass is 32.1. The van der Waals surface area contributed by atoms with Crippen molar-refractivity contribution in [2.45, 2.75) is 26.3 Å². The van der Waals surface area contributed by atoms with E-state index in [1.165, 1.54) is 29.5 Å². The van der Waals surface area contributed by atoms with Crippen molar-refractivity contribution in [3.63, 3.8) is 0 Å². The molecule has 0 aliphatic rings. The molecule has 5 heteroatoms. The number of halogens is 2. The summed E-state index contributed by atoms with van der Waals surface area (Å²) in [6.07, 6.45) is 0.140. The molecule has 0 aliphatic carbocycles. The van der Waals surface area contributed by atoms with E-state index in [1.54, 1.807) is 0 Å². The lowest BCUT2D eigenvalue weighted by molar-refractivity contribution is 0.540. The molecule has 1 aromatic heterocycles. The van der Waals surface area contributed by atoms with Crippen LogP contribution in [0.4, 0.5) is 8.78 Å². The van der Waals surface area contributed by atoms with Gasteiger partial charge in [-0.05, 0) is 32.4 Å². The van der Waals surface area contributed by atoms with Gasteiger partial charge in [0, 0.05) is 16.5 Å². The molecule has 1 unspecified atom stereocenters. The summed E-state index contributed by atoms with van der Waals surface area (Å²) in [6, 6.07) is 3.41. The molecule has 2 nitrogen and oxygen atoms in total. The number of hydrogen-bond acceptors (Lipinski definition) is 3. The van der Waals surface area contributed by atoms with Crippen LogP contribution in [0.1, 0.15) is 27.2 Å². The Morgan fingerprint density at radius 2 is 1.89 bits per heavy atom. The normalized spacial score (nSPS) is 12.7. The fourth-order valence-electron chi connectivity index (χ4n) is 1.93. The zero-order valence-electron chi connectivity index (χ0n) is 10.2. The van der Waals surface area contributed by atoms with E-state index in [0.29, 0.717) is 0 Å². The molecule has 0 bridgehead atoms. The molecule has 1 aromatic carbocycles. The number of nitrogens with two attached hydrogens (primary N) is 1. The second-order valence-corrected chi connectivity index (χ2v) is 5.43. The lowest BCUT2D eigenvalue weighted by atomic mass is 10.0. The Balaban J connectivity index is 2.26.